The molecule has 0 bridgehead atoms. The van der Waals surface area contributed by atoms with Crippen molar-refractivity contribution in [3.8, 4) is 0 Å². The first-order valence-corrected chi connectivity index (χ1v) is 7.55. The number of aliphatic carboxylic acids is 2. The Balaban J connectivity index is 2.97. The van der Waals surface area contributed by atoms with Gasteiger partial charge in [-0.25, -0.2) is 8.42 Å². The molecule has 1 rings (SSSR count). The van der Waals surface area contributed by atoms with Crippen LogP contribution < -0.4 is 4.31 Å². The van der Waals surface area contributed by atoms with Gasteiger partial charge in [-0.3, -0.25) is 13.9 Å². The molecule has 0 radical (unpaired) electrons. The molecule has 8 heteroatoms. The fourth-order valence-electron chi connectivity index (χ4n) is 1.64. The van der Waals surface area contributed by atoms with E-state index in [9.17, 15) is 18.0 Å². The van der Waals surface area contributed by atoms with E-state index in [1.165, 1.54) is 24.3 Å². The van der Waals surface area contributed by atoms with Crippen LogP contribution in [0.25, 0.3) is 0 Å². The van der Waals surface area contributed by atoms with Crippen LogP contribution in [0.5, 0.6) is 0 Å². The molecule has 0 amide bonds. The lowest BCUT2D eigenvalue weighted by Gasteiger charge is -2.21. The Bertz CT molecular complexity index is 593. The second-order valence-corrected chi connectivity index (χ2v) is 6.12. The van der Waals surface area contributed by atoms with Gasteiger partial charge in [0.25, 0.3) is 0 Å². The van der Waals surface area contributed by atoms with E-state index >= 15 is 0 Å². The van der Waals surface area contributed by atoms with Gasteiger partial charge in [-0.2, -0.15) is 0 Å². The number of benzene rings is 1. The zero-order chi connectivity index (χ0) is 15.3. The summed E-state index contributed by atoms with van der Waals surface area (Å²) in [5, 5.41) is 17.3. The van der Waals surface area contributed by atoms with Crippen LogP contribution in [0.4, 0.5) is 5.69 Å². The molecule has 0 aliphatic heterocycles. The molecule has 0 saturated carbocycles. The second kappa shape index (κ2) is 6.38. The number of sulfonamides is 1. The van der Waals surface area contributed by atoms with Gasteiger partial charge in [-0.15, -0.1) is 0 Å². The Morgan fingerprint density at radius 1 is 1.10 bits per heavy atom. The van der Waals surface area contributed by atoms with Crippen molar-refractivity contribution >= 4 is 27.6 Å². The summed E-state index contributed by atoms with van der Waals surface area (Å²) in [4.78, 5) is 21.1. The molecule has 1 aromatic rings. The van der Waals surface area contributed by atoms with Crippen molar-refractivity contribution in [2.75, 3.05) is 17.1 Å². The van der Waals surface area contributed by atoms with Crippen LogP contribution in [0.2, 0.25) is 0 Å². The minimum Gasteiger partial charge on any atom is -0.481 e. The fourth-order valence-corrected chi connectivity index (χ4v) is 2.57. The maximum atomic E-state index is 11.6. The Hall–Kier alpha value is -2.09. The molecule has 110 valence electrons. The molecule has 0 aliphatic rings. The van der Waals surface area contributed by atoms with E-state index in [0.717, 1.165) is 10.6 Å². The van der Waals surface area contributed by atoms with Crippen molar-refractivity contribution in [3.63, 3.8) is 0 Å². The topological polar surface area (TPSA) is 112 Å². The van der Waals surface area contributed by atoms with Crippen LogP contribution in [0, 0.1) is 0 Å². The van der Waals surface area contributed by atoms with Gasteiger partial charge in [-0.05, 0) is 17.7 Å². The molecule has 0 fully saturated rings. The minimum atomic E-state index is -3.60. The second-order valence-electron chi connectivity index (χ2n) is 4.22. The van der Waals surface area contributed by atoms with E-state index in [-0.39, 0.29) is 19.4 Å². The van der Waals surface area contributed by atoms with Gasteiger partial charge >= 0.3 is 11.9 Å². The van der Waals surface area contributed by atoms with Crippen LogP contribution in [0.15, 0.2) is 24.3 Å². The number of anilines is 1. The van der Waals surface area contributed by atoms with Crippen LogP contribution in [0.1, 0.15) is 12.0 Å². The lowest BCUT2D eigenvalue weighted by atomic mass is 10.1. The molecule has 7 nitrogen and oxygen atoms in total. The molecule has 0 unspecified atom stereocenters. The van der Waals surface area contributed by atoms with Crippen molar-refractivity contribution in [2.45, 2.75) is 12.8 Å². The largest absolute Gasteiger partial charge is 0.481 e. The first-order valence-electron chi connectivity index (χ1n) is 5.70. The van der Waals surface area contributed by atoms with Gasteiger partial charge in [0.2, 0.25) is 10.0 Å². The summed E-state index contributed by atoms with van der Waals surface area (Å²) in [6, 6.07) is 5.92. The first kappa shape index (κ1) is 16.0. The van der Waals surface area contributed by atoms with Crippen LogP contribution in [-0.2, 0) is 26.0 Å². The standard InChI is InChI=1S/C12H15NO6S/c1-20(18,19)13(7-6-11(14)15)10-4-2-9(3-5-10)8-12(16)17/h2-5H,6-8H2,1H3,(H,14,15)(H,16,17). The fraction of sp³-hybridized carbons (Fsp3) is 0.333. The molecule has 0 heterocycles. The van der Waals surface area contributed by atoms with E-state index in [1.54, 1.807) is 0 Å². The molecule has 20 heavy (non-hydrogen) atoms. The molecule has 2 N–H and O–H groups in total. The number of carboxylic acids is 2. The predicted octanol–water partition coefficient (Wildman–Crippen LogP) is 0.554. The summed E-state index contributed by atoms with van der Waals surface area (Å²) in [7, 11) is -3.60. The minimum absolute atomic E-state index is 0.158. The number of nitrogens with zero attached hydrogens (tertiary/aromatic N) is 1. The normalized spacial score (nSPS) is 11.1. The Morgan fingerprint density at radius 3 is 2.05 bits per heavy atom. The summed E-state index contributed by atoms with van der Waals surface area (Å²) in [5.74, 6) is -2.08. The number of rotatable bonds is 7. The third-order valence-electron chi connectivity index (χ3n) is 2.51. The number of hydrogen-bond acceptors (Lipinski definition) is 4. The van der Waals surface area contributed by atoms with Crippen molar-refractivity contribution in [2.24, 2.45) is 0 Å². The summed E-state index contributed by atoms with van der Waals surface area (Å²) in [6.45, 7) is -0.174. The highest BCUT2D eigenvalue weighted by molar-refractivity contribution is 7.92. The predicted molar refractivity (Wildman–Crippen MR) is 72.2 cm³/mol. The highest BCUT2D eigenvalue weighted by atomic mass is 32.2. The SMILES string of the molecule is CS(=O)(=O)N(CCC(=O)O)c1ccc(CC(=O)O)cc1. The lowest BCUT2D eigenvalue weighted by molar-refractivity contribution is -0.137. The van der Waals surface area contributed by atoms with E-state index in [0.29, 0.717) is 11.3 Å². The zero-order valence-corrected chi connectivity index (χ0v) is 11.6. The molecule has 0 atom stereocenters. The van der Waals surface area contributed by atoms with Gasteiger partial charge in [0.05, 0.1) is 24.8 Å². The summed E-state index contributed by atoms with van der Waals surface area (Å²) < 4.78 is 24.3. The zero-order valence-electron chi connectivity index (χ0n) is 10.8. The third-order valence-corrected chi connectivity index (χ3v) is 3.70. The molecule has 0 aromatic heterocycles. The van der Waals surface area contributed by atoms with E-state index < -0.39 is 22.0 Å². The average molecular weight is 301 g/mol. The molecule has 0 spiro atoms. The Kier molecular flexibility index (Phi) is 5.09. The molecule has 0 aliphatic carbocycles. The van der Waals surface area contributed by atoms with Crippen molar-refractivity contribution < 1.29 is 28.2 Å². The van der Waals surface area contributed by atoms with Gasteiger partial charge in [0.1, 0.15) is 0 Å². The average Bonchev–Trinajstić information content (AvgIpc) is 2.28. The monoisotopic (exact) mass is 301 g/mol. The Morgan fingerprint density at radius 2 is 1.65 bits per heavy atom. The molecule has 1 aromatic carbocycles. The number of carboxylic acid groups (broad SMARTS) is 2. The number of carbonyl (C=O) groups is 2. The van der Waals surface area contributed by atoms with Crippen molar-refractivity contribution in [1.82, 2.24) is 0 Å². The van der Waals surface area contributed by atoms with Crippen molar-refractivity contribution in [3.05, 3.63) is 29.8 Å². The van der Waals surface area contributed by atoms with E-state index in [1.807, 2.05) is 0 Å². The molecular formula is C12H15NO6S. The van der Waals surface area contributed by atoms with E-state index in [2.05, 4.69) is 0 Å². The molecule has 0 saturated heterocycles. The summed E-state index contributed by atoms with van der Waals surface area (Å²) in [5.41, 5.74) is 0.843. The Labute approximate surface area is 116 Å². The quantitative estimate of drug-likeness (QED) is 0.760. The van der Waals surface area contributed by atoms with Crippen LogP contribution >= 0.6 is 0 Å². The highest BCUT2D eigenvalue weighted by Crippen LogP contribution is 2.19. The third kappa shape index (κ3) is 4.88. The molecular weight excluding hydrogens is 286 g/mol. The van der Waals surface area contributed by atoms with Gasteiger partial charge in [0, 0.05) is 6.54 Å². The van der Waals surface area contributed by atoms with E-state index in [4.69, 9.17) is 10.2 Å². The maximum absolute atomic E-state index is 11.6. The van der Waals surface area contributed by atoms with Gasteiger partial charge < -0.3 is 10.2 Å². The highest BCUT2D eigenvalue weighted by Gasteiger charge is 2.18. The van der Waals surface area contributed by atoms with Gasteiger partial charge in [-0.1, -0.05) is 12.1 Å². The van der Waals surface area contributed by atoms with Crippen LogP contribution in [0.3, 0.4) is 0 Å². The van der Waals surface area contributed by atoms with Crippen LogP contribution in [-0.4, -0.2) is 43.4 Å². The number of hydrogen-bond donors (Lipinski definition) is 2. The first-order chi connectivity index (χ1) is 9.20. The van der Waals surface area contributed by atoms with Gasteiger partial charge in [0.15, 0.2) is 0 Å². The smallest absolute Gasteiger partial charge is 0.307 e. The maximum Gasteiger partial charge on any atom is 0.307 e. The summed E-state index contributed by atoms with van der Waals surface area (Å²) >= 11 is 0. The lowest BCUT2D eigenvalue weighted by Crippen LogP contribution is -2.32. The van der Waals surface area contributed by atoms with Crippen molar-refractivity contribution in [1.29, 1.82) is 0 Å². The summed E-state index contributed by atoms with van der Waals surface area (Å²) in [6.07, 6.45) is 0.512.